The molecule has 0 radical (unpaired) electrons. The van der Waals surface area contributed by atoms with Gasteiger partial charge < -0.3 is 19.7 Å². The molecule has 4 saturated carbocycles. The van der Waals surface area contributed by atoms with Crippen LogP contribution in [0.1, 0.15) is 79.1 Å². The van der Waals surface area contributed by atoms with Gasteiger partial charge in [0.15, 0.2) is 5.79 Å². The largest absolute Gasteiger partial charge is 0.390 e. The van der Waals surface area contributed by atoms with E-state index in [1.807, 2.05) is 0 Å². The Morgan fingerprint density at radius 3 is 2.50 bits per heavy atom. The van der Waals surface area contributed by atoms with Gasteiger partial charge in [0, 0.05) is 30.1 Å². The number of aliphatic hydroxyl groups excluding tert-OH is 2. The highest BCUT2D eigenvalue weighted by molar-refractivity contribution is 5.87. The summed E-state index contributed by atoms with van der Waals surface area (Å²) in [5.41, 5.74) is -0.371. The van der Waals surface area contributed by atoms with Gasteiger partial charge in [0.25, 0.3) is 0 Å². The number of hydrogen-bond acceptors (Lipinski definition) is 5. The second-order valence-electron chi connectivity index (χ2n) is 13.1. The molecule has 0 aromatic rings. The number of fused-ring (bicyclic) bond motifs is 7. The summed E-state index contributed by atoms with van der Waals surface area (Å²) in [5.74, 6) is 2.64. The average Bonchev–Trinajstić information content (AvgIpc) is 3.19. The van der Waals surface area contributed by atoms with Crippen LogP contribution in [0.4, 0.5) is 0 Å². The molecule has 2 saturated heterocycles. The van der Waals surface area contributed by atoms with E-state index in [-0.39, 0.29) is 28.8 Å². The van der Waals surface area contributed by atoms with Crippen molar-refractivity contribution in [1.29, 1.82) is 0 Å². The summed E-state index contributed by atoms with van der Waals surface area (Å²) in [4.78, 5) is 14.0. The Morgan fingerprint density at radius 1 is 1.00 bits per heavy atom. The Morgan fingerprint density at radius 2 is 1.78 bits per heavy atom. The van der Waals surface area contributed by atoms with Crippen molar-refractivity contribution in [2.75, 3.05) is 6.61 Å². The second-order valence-corrected chi connectivity index (χ2v) is 13.1. The first kappa shape index (κ1) is 22.0. The molecule has 0 aromatic carbocycles. The number of carbonyl (C=O) groups is 1. The topological polar surface area (TPSA) is 76.0 Å². The Bertz CT molecular complexity index is 789. The zero-order valence-corrected chi connectivity index (χ0v) is 20.3. The lowest BCUT2D eigenvalue weighted by atomic mass is 9.43. The minimum Gasteiger partial charge on any atom is -0.390 e. The van der Waals surface area contributed by atoms with Crippen molar-refractivity contribution >= 4 is 5.78 Å². The third-order valence-electron chi connectivity index (χ3n) is 11.8. The molecule has 5 heteroatoms. The van der Waals surface area contributed by atoms with Gasteiger partial charge in [-0.05, 0) is 73.5 Å². The molecule has 2 heterocycles. The van der Waals surface area contributed by atoms with E-state index < -0.39 is 18.0 Å². The minimum atomic E-state index is -0.657. The van der Waals surface area contributed by atoms with Gasteiger partial charge in [-0.1, -0.05) is 27.7 Å². The third kappa shape index (κ3) is 2.69. The van der Waals surface area contributed by atoms with Crippen molar-refractivity contribution in [3.63, 3.8) is 0 Å². The van der Waals surface area contributed by atoms with E-state index in [9.17, 15) is 15.0 Å². The lowest BCUT2D eigenvalue weighted by Gasteiger charge is -2.61. The highest BCUT2D eigenvalue weighted by atomic mass is 16.7. The first-order chi connectivity index (χ1) is 15.1. The molecule has 2 N–H and O–H groups in total. The smallest absolute Gasteiger partial charge is 0.171 e. The van der Waals surface area contributed by atoms with Crippen LogP contribution in [-0.2, 0) is 14.3 Å². The summed E-state index contributed by atoms with van der Waals surface area (Å²) in [6, 6.07) is 0. The molecule has 0 unspecified atom stereocenters. The lowest BCUT2D eigenvalue weighted by Crippen LogP contribution is -2.59. The van der Waals surface area contributed by atoms with Crippen LogP contribution >= 0.6 is 0 Å². The molecular weight excluding hydrogens is 404 g/mol. The number of hydrogen-bond donors (Lipinski definition) is 2. The molecule has 5 nitrogen and oxygen atoms in total. The van der Waals surface area contributed by atoms with E-state index in [1.165, 1.54) is 0 Å². The molecule has 32 heavy (non-hydrogen) atoms. The van der Waals surface area contributed by atoms with Crippen LogP contribution in [0, 0.1) is 52.3 Å². The molecule has 13 atom stereocenters. The minimum absolute atomic E-state index is 0.0490. The van der Waals surface area contributed by atoms with Gasteiger partial charge in [0.1, 0.15) is 5.78 Å². The Hall–Kier alpha value is -0.490. The fraction of sp³-hybridized carbons (Fsp3) is 0.963. The first-order valence-corrected chi connectivity index (χ1v) is 13.3. The van der Waals surface area contributed by atoms with Gasteiger partial charge in [0.05, 0.1) is 24.9 Å². The number of carbonyl (C=O) groups excluding carboxylic acids is 1. The summed E-state index contributed by atoms with van der Waals surface area (Å²) in [7, 11) is 0. The molecule has 1 spiro atoms. The maximum Gasteiger partial charge on any atom is 0.171 e. The van der Waals surface area contributed by atoms with Gasteiger partial charge >= 0.3 is 0 Å². The van der Waals surface area contributed by atoms with Gasteiger partial charge in [-0.25, -0.2) is 0 Å². The molecule has 0 amide bonds. The molecule has 2 aliphatic heterocycles. The van der Waals surface area contributed by atoms with Crippen LogP contribution < -0.4 is 0 Å². The second kappa shape index (κ2) is 7.02. The number of aliphatic hydroxyl groups is 2. The third-order valence-corrected chi connectivity index (χ3v) is 11.8. The normalized spacial score (nSPS) is 61.8. The SMILES string of the molecule is C[C@@H]1CC[C@@]2(OC1)O[C@H]1C[C@@H]3[C@@H]4CC[C@H]5C[C@@H](O)[C@H](O)C[C@]5(C)[C@H]4CC(=O)[C@]3(C)[C@H]1[C@@H]2C. The maximum absolute atomic E-state index is 14.0. The van der Waals surface area contributed by atoms with Crippen molar-refractivity contribution in [1.82, 2.24) is 0 Å². The van der Waals surface area contributed by atoms with Gasteiger partial charge in [-0.2, -0.15) is 0 Å². The van der Waals surface area contributed by atoms with Crippen LogP contribution in [-0.4, -0.2) is 46.7 Å². The summed E-state index contributed by atoms with van der Waals surface area (Å²) < 4.78 is 13.2. The van der Waals surface area contributed by atoms with E-state index in [4.69, 9.17) is 9.47 Å². The van der Waals surface area contributed by atoms with Crippen molar-refractivity contribution in [2.24, 2.45) is 52.3 Å². The Labute approximate surface area is 192 Å². The highest BCUT2D eigenvalue weighted by Crippen LogP contribution is 2.70. The van der Waals surface area contributed by atoms with Gasteiger partial charge in [-0.3, -0.25) is 4.79 Å². The number of ketones is 1. The van der Waals surface area contributed by atoms with E-state index in [2.05, 4.69) is 27.7 Å². The van der Waals surface area contributed by atoms with Gasteiger partial charge in [0.2, 0.25) is 0 Å². The number of rotatable bonds is 0. The Balaban J connectivity index is 1.30. The number of Topliss-reactive ketones (excluding diaryl/α,β-unsaturated/α-hetero) is 1. The zero-order chi connectivity index (χ0) is 22.6. The van der Waals surface area contributed by atoms with Crippen LogP contribution in [0.2, 0.25) is 0 Å². The van der Waals surface area contributed by atoms with Gasteiger partial charge in [-0.15, -0.1) is 0 Å². The van der Waals surface area contributed by atoms with Crippen molar-refractivity contribution in [2.45, 2.75) is 103 Å². The fourth-order valence-corrected chi connectivity index (χ4v) is 9.97. The van der Waals surface area contributed by atoms with Crippen LogP contribution in [0.3, 0.4) is 0 Å². The predicted octanol–water partition coefficient (Wildman–Crippen LogP) is 3.94. The van der Waals surface area contributed by atoms with Crippen LogP contribution in [0.25, 0.3) is 0 Å². The Kier molecular flexibility index (Phi) is 4.83. The summed E-state index contributed by atoms with van der Waals surface area (Å²) in [6.07, 6.45) is 6.12. The quantitative estimate of drug-likeness (QED) is 0.589. The molecule has 0 bridgehead atoms. The molecule has 180 valence electrons. The predicted molar refractivity (Wildman–Crippen MR) is 120 cm³/mol. The highest BCUT2D eigenvalue weighted by Gasteiger charge is 2.71. The molecule has 4 aliphatic carbocycles. The molecule has 6 aliphatic rings. The van der Waals surface area contributed by atoms with E-state index in [0.717, 1.165) is 38.7 Å². The number of ether oxygens (including phenoxy) is 2. The molecule has 0 aromatic heterocycles. The molecule has 6 fully saturated rings. The summed E-state index contributed by atoms with van der Waals surface area (Å²) in [6.45, 7) is 9.86. The van der Waals surface area contributed by atoms with Crippen molar-refractivity contribution < 1.29 is 24.5 Å². The molecule has 6 rings (SSSR count). The van der Waals surface area contributed by atoms with E-state index >= 15 is 0 Å². The van der Waals surface area contributed by atoms with Crippen LogP contribution in [0.5, 0.6) is 0 Å². The summed E-state index contributed by atoms with van der Waals surface area (Å²) in [5, 5.41) is 20.8. The molecular formula is C27H42O5. The standard InChI is InChI=1S/C27H42O5/c1-14-7-8-27(31-13-14)15(2)24-22(32-27)10-19-17-6-5-16-9-20(28)21(29)12-25(16,3)18(17)11-23(30)26(19,24)4/h14-22,24,28-29H,5-13H2,1-4H3/t14-,15+,16+,17-,18+,19-,20-,21-,22+,24+,25+,26-,27-/m1/s1. The van der Waals surface area contributed by atoms with Crippen molar-refractivity contribution in [3.05, 3.63) is 0 Å². The monoisotopic (exact) mass is 446 g/mol. The van der Waals surface area contributed by atoms with E-state index in [1.54, 1.807) is 0 Å². The summed E-state index contributed by atoms with van der Waals surface area (Å²) >= 11 is 0. The zero-order valence-electron chi connectivity index (χ0n) is 20.3. The fourth-order valence-electron chi connectivity index (χ4n) is 9.97. The van der Waals surface area contributed by atoms with Crippen molar-refractivity contribution in [3.8, 4) is 0 Å². The lowest BCUT2D eigenvalue weighted by molar-refractivity contribution is -0.272. The first-order valence-electron chi connectivity index (χ1n) is 13.3. The maximum atomic E-state index is 14.0. The van der Waals surface area contributed by atoms with E-state index in [0.29, 0.717) is 54.6 Å². The average molecular weight is 447 g/mol. The van der Waals surface area contributed by atoms with Crippen LogP contribution in [0.15, 0.2) is 0 Å².